The lowest BCUT2D eigenvalue weighted by Crippen LogP contribution is -2.03. The van der Waals surface area contributed by atoms with E-state index in [0.717, 1.165) is 15.6 Å². The van der Waals surface area contributed by atoms with Crippen LogP contribution in [0, 0.1) is 0 Å². The molecule has 1 aromatic carbocycles. The minimum atomic E-state index is -1.14. The smallest absolute Gasteiger partial charge is 0.354 e. The first-order valence-electron chi connectivity index (χ1n) is 9.10. The van der Waals surface area contributed by atoms with Gasteiger partial charge in [-0.05, 0) is 59.7 Å². The second-order valence-electron chi connectivity index (χ2n) is 6.56. The van der Waals surface area contributed by atoms with E-state index in [9.17, 15) is 19.8 Å². The summed E-state index contributed by atoms with van der Waals surface area (Å²) in [6, 6.07) is 20.6. The minimum absolute atomic E-state index is 0.0964. The van der Waals surface area contributed by atoms with Crippen molar-refractivity contribution >= 4 is 27.9 Å². The van der Waals surface area contributed by atoms with Crippen LogP contribution in [0.4, 0.5) is 0 Å². The monoisotopic (exact) mass is 475 g/mol. The van der Waals surface area contributed by atoms with Crippen LogP contribution in [-0.4, -0.2) is 37.1 Å². The Labute approximate surface area is 185 Å². The third kappa shape index (κ3) is 4.49. The number of aromatic nitrogens is 3. The van der Waals surface area contributed by atoms with Gasteiger partial charge in [0, 0.05) is 4.47 Å². The maximum absolute atomic E-state index is 11.3. The van der Waals surface area contributed by atoms with E-state index in [1.54, 1.807) is 24.3 Å². The topological polar surface area (TPSA) is 113 Å². The largest absolute Gasteiger partial charge is 0.477 e. The third-order valence-electron chi connectivity index (χ3n) is 4.46. The van der Waals surface area contributed by atoms with Crippen LogP contribution in [0.15, 0.2) is 77.3 Å². The lowest BCUT2D eigenvalue weighted by molar-refractivity contribution is 0.0680. The average Bonchev–Trinajstić information content (AvgIpc) is 2.79. The van der Waals surface area contributed by atoms with Crippen LogP contribution in [0.25, 0.3) is 33.9 Å². The molecule has 0 radical (unpaired) electrons. The number of carboxylic acid groups (broad SMARTS) is 2. The second kappa shape index (κ2) is 8.45. The highest BCUT2D eigenvalue weighted by atomic mass is 79.9. The molecule has 3 heterocycles. The van der Waals surface area contributed by atoms with Gasteiger partial charge in [-0.1, -0.05) is 40.2 Å². The molecule has 4 aromatic rings. The van der Waals surface area contributed by atoms with Gasteiger partial charge in [0.15, 0.2) is 0 Å². The van der Waals surface area contributed by atoms with Crippen molar-refractivity contribution in [2.24, 2.45) is 0 Å². The molecule has 152 valence electrons. The van der Waals surface area contributed by atoms with Crippen molar-refractivity contribution in [1.82, 2.24) is 15.0 Å². The van der Waals surface area contributed by atoms with Crippen LogP contribution in [0.3, 0.4) is 0 Å². The van der Waals surface area contributed by atoms with E-state index in [1.807, 2.05) is 36.4 Å². The Morgan fingerprint density at radius 2 is 1.10 bits per heavy atom. The number of hydrogen-bond donors (Lipinski definition) is 2. The molecular weight excluding hydrogens is 462 g/mol. The Bertz CT molecular complexity index is 1230. The quantitative estimate of drug-likeness (QED) is 0.415. The van der Waals surface area contributed by atoms with Crippen LogP contribution in [0.5, 0.6) is 0 Å². The number of carboxylic acids is 2. The highest BCUT2D eigenvalue weighted by Gasteiger charge is 2.14. The van der Waals surface area contributed by atoms with Gasteiger partial charge in [-0.2, -0.15) is 0 Å². The first-order chi connectivity index (χ1) is 14.9. The Hall–Kier alpha value is -3.91. The summed E-state index contributed by atoms with van der Waals surface area (Å²) in [5.41, 5.74) is 3.17. The number of pyridine rings is 3. The number of nitrogens with zero attached hydrogens (tertiary/aromatic N) is 3. The summed E-state index contributed by atoms with van der Waals surface area (Å²) < 4.78 is 0.928. The molecular formula is C23H14BrN3O4. The molecule has 0 aliphatic carbocycles. The highest BCUT2D eigenvalue weighted by Crippen LogP contribution is 2.30. The zero-order valence-corrected chi connectivity index (χ0v) is 17.4. The molecule has 0 unspecified atom stereocenters. The molecule has 0 saturated heterocycles. The van der Waals surface area contributed by atoms with Gasteiger partial charge in [0.2, 0.25) is 0 Å². The summed E-state index contributed by atoms with van der Waals surface area (Å²) in [5.74, 6) is -2.27. The van der Waals surface area contributed by atoms with Gasteiger partial charge in [0.25, 0.3) is 0 Å². The Morgan fingerprint density at radius 1 is 0.613 bits per heavy atom. The molecule has 0 amide bonds. The van der Waals surface area contributed by atoms with Gasteiger partial charge >= 0.3 is 11.9 Å². The number of aromatic carboxylic acids is 2. The Balaban J connectivity index is 1.92. The molecule has 3 aromatic heterocycles. The van der Waals surface area contributed by atoms with Crippen molar-refractivity contribution in [3.05, 3.63) is 88.7 Å². The fourth-order valence-electron chi connectivity index (χ4n) is 2.99. The number of hydrogen-bond acceptors (Lipinski definition) is 5. The van der Waals surface area contributed by atoms with Crippen molar-refractivity contribution in [3.8, 4) is 33.9 Å². The van der Waals surface area contributed by atoms with E-state index in [2.05, 4.69) is 30.9 Å². The number of benzene rings is 1. The summed E-state index contributed by atoms with van der Waals surface area (Å²) in [5, 5.41) is 18.6. The van der Waals surface area contributed by atoms with Gasteiger partial charge in [-0.3, -0.25) is 0 Å². The van der Waals surface area contributed by atoms with Gasteiger partial charge in [0.1, 0.15) is 11.4 Å². The van der Waals surface area contributed by atoms with E-state index in [4.69, 9.17) is 0 Å². The van der Waals surface area contributed by atoms with Crippen molar-refractivity contribution in [2.45, 2.75) is 0 Å². The van der Waals surface area contributed by atoms with Crippen molar-refractivity contribution < 1.29 is 19.8 Å². The lowest BCUT2D eigenvalue weighted by atomic mass is 10.0. The average molecular weight is 476 g/mol. The summed E-state index contributed by atoms with van der Waals surface area (Å²) >= 11 is 3.42. The van der Waals surface area contributed by atoms with Gasteiger partial charge in [-0.15, -0.1) is 0 Å². The van der Waals surface area contributed by atoms with Crippen molar-refractivity contribution in [2.75, 3.05) is 0 Å². The maximum Gasteiger partial charge on any atom is 0.354 e. The predicted octanol–water partition coefficient (Wildman–Crippen LogP) is 5.03. The summed E-state index contributed by atoms with van der Waals surface area (Å²) in [4.78, 5) is 35.7. The van der Waals surface area contributed by atoms with Crippen LogP contribution < -0.4 is 0 Å². The van der Waals surface area contributed by atoms with E-state index < -0.39 is 11.9 Å². The molecule has 0 bridgehead atoms. The minimum Gasteiger partial charge on any atom is -0.477 e. The summed E-state index contributed by atoms with van der Waals surface area (Å²) in [6.07, 6.45) is 0. The number of halogens is 1. The maximum atomic E-state index is 11.3. The van der Waals surface area contributed by atoms with Crippen LogP contribution in [0.1, 0.15) is 21.0 Å². The Morgan fingerprint density at radius 3 is 1.55 bits per heavy atom. The first-order valence-corrected chi connectivity index (χ1v) is 9.89. The Kier molecular flexibility index (Phi) is 5.55. The first kappa shape index (κ1) is 20.4. The lowest BCUT2D eigenvalue weighted by Gasteiger charge is -2.10. The molecule has 31 heavy (non-hydrogen) atoms. The highest BCUT2D eigenvalue weighted by molar-refractivity contribution is 9.10. The zero-order chi connectivity index (χ0) is 22.0. The van der Waals surface area contributed by atoms with E-state index >= 15 is 0 Å². The molecule has 2 N–H and O–H groups in total. The summed E-state index contributed by atoms with van der Waals surface area (Å²) in [6.45, 7) is 0. The fourth-order valence-corrected chi connectivity index (χ4v) is 3.26. The molecule has 0 spiro atoms. The van der Waals surface area contributed by atoms with E-state index in [-0.39, 0.29) is 11.4 Å². The SMILES string of the molecule is O=C(O)c1cccc(-c2cc(-c3ccc(Br)cc3)cc(-c3cccc(C(=O)O)n3)n2)n1. The molecule has 8 heteroatoms. The molecule has 0 aliphatic rings. The second-order valence-corrected chi connectivity index (χ2v) is 7.48. The molecule has 0 saturated carbocycles. The number of rotatable bonds is 5. The van der Waals surface area contributed by atoms with E-state index in [1.165, 1.54) is 12.1 Å². The van der Waals surface area contributed by atoms with Crippen LogP contribution in [0.2, 0.25) is 0 Å². The van der Waals surface area contributed by atoms with Crippen molar-refractivity contribution in [3.63, 3.8) is 0 Å². The van der Waals surface area contributed by atoms with Gasteiger partial charge in [-0.25, -0.2) is 24.5 Å². The molecule has 7 nitrogen and oxygen atoms in total. The normalized spacial score (nSPS) is 10.6. The molecule has 0 atom stereocenters. The zero-order valence-electron chi connectivity index (χ0n) is 15.9. The fraction of sp³-hybridized carbons (Fsp3) is 0. The number of carbonyl (C=O) groups is 2. The van der Waals surface area contributed by atoms with Crippen LogP contribution in [-0.2, 0) is 0 Å². The standard InChI is InChI=1S/C23H14BrN3O4/c24-15-9-7-13(8-10-15)14-11-20(16-3-1-5-18(25-16)22(28)29)27-21(12-14)17-4-2-6-19(26-17)23(30)31/h1-12H,(H,28,29)(H,30,31). The third-order valence-corrected chi connectivity index (χ3v) is 4.99. The van der Waals surface area contributed by atoms with Gasteiger partial charge < -0.3 is 10.2 Å². The van der Waals surface area contributed by atoms with E-state index in [0.29, 0.717) is 22.8 Å². The predicted molar refractivity (Wildman–Crippen MR) is 118 cm³/mol. The van der Waals surface area contributed by atoms with Crippen molar-refractivity contribution in [1.29, 1.82) is 0 Å². The summed E-state index contributed by atoms with van der Waals surface area (Å²) in [7, 11) is 0. The van der Waals surface area contributed by atoms with Gasteiger partial charge in [0.05, 0.1) is 22.8 Å². The molecule has 0 aliphatic heterocycles. The molecule has 0 fully saturated rings. The molecule has 4 rings (SSSR count). The van der Waals surface area contributed by atoms with Crippen LogP contribution >= 0.6 is 15.9 Å².